The number of amides is 1. The Morgan fingerprint density at radius 2 is 2.04 bits per heavy atom. The van der Waals surface area contributed by atoms with E-state index in [0.717, 1.165) is 22.9 Å². The zero-order valence-corrected chi connectivity index (χ0v) is 14.0. The lowest BCUT2D eigenvalue weighted by molar-refractivity contribution is -0.138. The van der Waals surface area contributed by atoms with E-state index >= 15 is 0 Å². The molecule has 6 nitrogen and oxygen atoms in total. The summed E-state index contributed by atoms with van der Waals surface area (Å²) in [5, 5.41) is 22.9. The van der Waals surface area contributed by atoms with Gasteiger partial charge in [0.25, 0.3) is 0 Å². The second-order valence-electron chi connectivity index (χ2n) is 4.98. The molecule has 2 heterocycles. The summed E-state index contributed by atoms with van der Waals surface area (Å²) in [6, 6.07) is 9.94. The molecule has 0 radical (unpaired) electrons. The van der Waals surface area contributed by atoms with Gasteiger partial charge in [-0.05, 0) is 33.5 Å². The molecule has 1 aromatic heterocycles. The first-order chi connectivity index (χ1) is 11.6. The average Bonchev–Trinajstić information content (AvgIpc) is 3.19. The molecule has 0 saturated carbocycles. The van der Waals surface area contributed by atoms with Gasteiger partial charge in [-0.2, -0.15) is 16.4 Å². The molecule has 8 heteroatoms. The Bertz CT molecular complexity index is 798. The molecule has 1 saturated heterocycles. The minimum absolute atomic E-state index is 0.233. The molecule has 0 bridgehead atoms. The number of nitrogens with one attached hydrogen (secondary N) is 1. The van der Waals surface area contributed by atoms with E-state index in [9.17, 15) is 9.59 Å². The van der Waals surface area contributed by atoms with Crippen molar-refractivity contribution in [2.24, 2.45) is 10.2 Å². The highest BCUT2D eigenvalue weighted by Crippen LogP contribution is 2.23. The molecule has 1 amide bonds. The molecule has 0 aliphatic carbocycles. The maximum absolute atomic E-state index is 11.6. The Kier molecular flexibility index (Phi) is 5.07. The molecule has 1 fully saturated rings. The van der Waals surface area contributed by atoms with E-state index in [1.807, 2.05) is 29.6 Å². The number of thiophene rings is 1. The molecule has 0 spiro atoms. The van der Waals surface area contributed by atoms with Crippen LogP contribution in [0.15, 0.2) is 51.3 Å². The van der Waals surface area contributed by atoms with Crippen LogP contribution in [0.1, 0.15) is 12.0 Å². The molecule has 1 aliphatic heterocycles. The van der Waals surface area contributed by atoms with Crippen molar-refractivity contribution in [1.82, 2.24) is 5.32 Å². The largest absolute Gasteiger partial charge is 0.481 e. The van der Waals surface area contributed by atoms with Crippen LogP contribution >= 0.6 is 23.1 Å². The first-order valence-electron chi connectivity index (χ1n) is 7.05. The molecule has 2 aromatic rings. The lowest BCUT2D eigenvalue weighted by atomic mass is 10.1. The maximum atomic E-state index is 11.6. The normalized spacial score (nSPS) is 19.1. The van der Waals surface area contributed by atoms with Crippen molar-refractivity contribution in [2.75, 3.05) is 0 Å². The molecule has 1 unspecified atom stereocenters. The highest BCUT2D eigenvalue weighted by molar-refractivity contribution is 8.15. The minimum Gasteiger partial charge on any atom is -0.481 e. The van der Waals surface area contributed by atoms with Gasteiger partial charge in [0.1, 0.15) is 5.25 Å². The van der Waals surface area contributed by atoms with Crippen molar-refractivity contribution < 1.29 is 14.7 Å². The zero-order valence-electron chi connectivity index (χ0n) is 12.4. The first-order valence-corrected chi connectivity index (χ1v) is 8.87. The van der Waals surface area contributed by atoms with Gasteiger partial charge in [0.05, 0.1) is 12.6 Å². The molecular weight excluding hydrogens is 346 g/mol. The molecule has 1 aliphatic rings. The summed E-state index contributed by atoms with van der Waals surface area (Å²) in [5.74, 6) is -1.37. The van der Waals surface area contributed by atoms with Crippen LogP contribution < -0.4 is 5.32 Å². The van der Waals surface area contributed by atoms with Crippen molar-refractivity contribution in [3.8, 4) is 11.1 Å². The Morgan fingerprint density at radius 3 is 2.71 bits per heavy atom. The van der Waals surface area contributed by atoms with Gasteiger partial charge in [-0.25, -0.2) is 0 Å². The van der Waals surface area contributed by atoms with Crippen LogP contribution in [0.25, 0.3) is 11.1 Å². The Morgan fingerprint density at radius 1 is 1.25 bits per heavy atom. The third-order valence-electron chi connectivity index (χ3n) is 3.26. The number of carboxylic acids is 1. The Balaban J connectivity index is 1.62. The maximum Gasteiger partial charge on any atom is 0.305 e. The summed E-state index contributed by atoms with van der Waals surface area (Å²) in [6.45, 7) is 0. The SMILES string of the molecule is O=C(O)CC1SC(=NN=Cc2ccc(-c3ccsc3)cc2)NC1=O. The number of amidine groups is 1. The number of rotatable bonds is 5. The molecule has 2 N–H and O–H groups in total. The van der Waals surface area contributed by atoms with Crippen LogP contribution in [-0.2, 0) is 9.59 Å². The third kappa shape index (κ3) is 4.09. The van der Waals surface area contributed by atoms with Gasteiger partial charge in [0.15, 0.2) is 5.17 Å². The van der Waals surface area contributed by atoms with Crippen molar-refractivity contribution in [3.63, 3.8) is 0 Å². The highest BCUT2D eigenvalue weighted by atomic mass is 32.2. The predicted octanol–water partition coefficient (Wildman–Crippen LogP) is 2.81. The van der Waals surface area contributed by atoms with Gasteiger partial charge in [-0.1, -0.05) is 36.0 Å². The van der Waals surface area contributed by atoms with Crippen LogP contribution in [0.4, 0.5) is 0 Å². The van der Waals surface area contributed by atoms with E-state index in [-0.39, 0.29) is 12.3 Å². The second kappa shape index (κ2) is 7.41. The fourth-order valence-electron chi connectivity index (χ4n) is 2.08. The van der Waals surface area contributed by atoms with Gasteiger partial charge in [0.2, 0.25) is 5.91 Å². The lowest BCUT2D eigenvalue weighted by Crippen LogP contribution is -2.26. The number of benzene rings is 1. The zero-order chi connectivity index (χ0) is 16.9. The first kappa shape index (κ1) is 16.4. The van der Waals surface area contributed by atoms with E-state index in [1.165, 1.54) is 5.56 Å². The van der Waals surface area contributed by atoms with Crippen molar-refractivity contribution in [1.29, 1.82) is 0 Å². The number of hydrogen-bond donors (Lipinski definition) is 2. The minimum atomic E-state index is -1.02. The quantitative estimate of drug-likeness (QED) is 0.634. The highest BCUT2D eigenvalue weighted by Gasteiger charge is 2.32. The van der Waals surface area contributed by atoms with Crippen molar-refractivity contribution >= 4 is 46.4 Å². The van der Waals surface area contributed by atoms with Crippen LogP contribution in [-0.4, -0.2) is 33.6 Å². The Labute approximate surface area is 146 Å². The van der Waals surface area contributed by atoms with Crippen LogP contribution in [0, 0.1) is 0 Å². The second-order valence-corrected chi connectivity index (χ2v) is 6.95. The lowest BCUT2D eigenvalue weighted by Gasteiger charge is -1.98. The average molecular weight is 359 g/mol. The monoisotopic (exact) mass is 359 g/mol. The summed E-state index contributed by atoms with van der Waals surface area (Å²) in [6.07, 6.45) is 1.35. The fraction of sp³-hybridized carbons (Fsp3) is 0.125. The fourth-order valence-corrected chi connectivity index (χ4v) is 3.66. The number of nitrogens with zero attached hydrogens (tertiary/aromatic N) is 2. The van der Waals surface area contributed by atoms with E-state index in [1.54, 1.807) is 17.6 Å². The van der Waals surface area contributed by atoms with Gasteiger partial charge in [0, 0.05) is 0 Å². The van der Waals surface area contributed by atoms with Crippen LogP contribution in [0.2, 0.25) is 0 Å². The molecule has 24 heavy (non-hydrogen) atoms. The summed E-state index contributed by atoms with van der Waals surface area (Å²) < 4.78 is 0. The van der Waals surface area contributed by atoms with Crippen LogP contribution in [0.5, 0.6) is 0 Å². The number of hydrogen-bond acceptors (Lipinski definition) is 6. The topological polar surface area (TPSA) is 91.1 Å². The van der Waals surface area contributed by atoms with E-state index < -0.39 is 11.2 Å². The molecule has 1 aromatic carbocycles. The number of thioether (sulfide) groups is 1. The van der Waals surface area contributed by atoms with E-state index in [2.05, 4.69) is 27.0 Å². The molecular formula is C16H13N3O3S2. The van der Waals surface area contributed by atoms with Gasteiger partial charge in [-0.3, -0.25) is 9.59 Å². The summed E-state index contributed by atoms with van der Waals surface area (Å²) in [7, 11) is 0. The van der Waals surface area contributed by atoms with Crippen molar-refractivity contribution in [2.45, 2.75) is 11.7 Å². The molecule has 122 valence electrons. The number of aliphatic carboxylic acids is 1. The summed E-state index contributed by atoms with van der Waals surface area (Å²) >= 11 is 2.73. The van der Waals surface area contributed by atoms with Gasteiger partial charge in [-0.15, -0.1) is 5.10 Å². The summed E-state index contributed by atoms with van der Waals surface area (Å²) in [4.78, 5) is 22.2. The molecule has 3 rings (SSSR count). The third-order valence-corrected chi connectivity index (χ3v) is 5.01. The van der Waals surface area contributed by atoms with Gasteiger partial charge >= 0.3 is 5.97 Å². The Hall–Kier alpha value is -2.45. The number of carboxylic acid groups (broad SMARTS) is 1. The van der Waals surface area contributed by atoms with Crippen LogP contribution in [0.3, 0.4) is 0 Å². The molecule has 1 atom stereocenters. The standard InChI is InChI=1S/C16H13N3O3S2/c20-14(21)7-13-15(22)18-16(24-13)19-17-8-10-1-3-11(4-2-10)12-5-6-23-9-12/h1-6,8-9,13H,7H2,(H,20,21)(H,18,19,22). The van der Waals surface area contributed by atoms with E-state index in [4.69, 9.17) is 5.11 Å². The number of carbonyl (C=O) groups excluding carboxylic acids is 1. The van der Waals surface area contributed by atoms with Crippen molar-refractivity contribution in [3.05, 3.63) is 46.7 Å². The predicted molar refractivity (Wildman–Crippen MR) is 96.6 cm³/mol. The summed E-state index contributed by atoms with van der Waals surface area (Å²) in [5.41, 5.74) is 3.20. The number of carbonyl (C=O) groups is 2. The van der Waals surface area contributed by atoms with Gasteiger partial charge < -0.3 is 10.4 Å². The van der Waals surface area contributed by atoms with E-state index in [0.29, 0.717) is 5.17 Å². The smallest absolute Gasteiger partial charge is 0.305 e.